The smallest absolute Gasteiger partial charge is 0.276 e. The summed E-state index contributed by atoms with van der Waals surface area (Å²) in [6.45, 7) is 0. The molecule has 8 heteroatoms. The molecule has 0 saturated carbocycles. The Morgan fingerprint density at radius 3 is 2.39 bits per heavy atom. The normalized spacial score (nSPS) is 11.4. The van der Waals surface area contributed by atoms with E-state index in [1.54, 1.807) is 37.4 Å². The van der Waals surface area contributed by atoms with Crippen molar-refractivity contribution in [3.63, 3.8) is 0 Å². The van der Waals surface area contributed by atoms with E-state index < -0.39 is 10.0 Å². The lowest BCUT2D eigenvalue weighted by molar-refractivity contribution is 0.402. The molecular formula is C15H15BrN2O4S. The number of hydrazone groups is 1. The second-order valence-corrected chi connectivity index (χ2v) is 6.99. The predicted molar refractivity (Wildman–Crippen MR) is 91.6 cm³/mol. The lowest BCUT2D eigenvalue weighted by Gasteiger charge is -2.07. The summed E-state index contributed by atoms with van der Waals surface area (Å²) in [7, 11) is -0.664. The number of benzene rings is 2. The van der Waals surface area contributed by atoms with E-state index in [0.29, 0.717) is 17.1 Å². The summed E-state index contributed by atoms with van der Waals surface area (Å²) in [5.41, 5.74) is 0.588. The largest absolute Gasteiger partial charge is 0.497 e. The third-order valence-electron chi connectivity index (χ3n) is 2.94. The summed E-state index contributed by atoms with van der Waals surface area (Å²) in [4.78, 5) is 2.28. The van der Waals surface area contributed by atoms with Crippen molar-refractivity contribution >= 4 is 32.2 Å². The van der Waals surface area contributed by atoms with E-state index in [9.17, 15) is 8.42 Å². The quantitative estimate of drug-likeness (QED) is 0.599. The molecule has 0 amide bonds. The Kier molecular flexibility index (Phi) is 5.62. The summed E-state index contributed by atoms with van der Waals surface area (Å²) in [6, 6.07) is 11.4. The number of halogens is 1. The van der Waals surface area contributed by atoms with Gasteiger partial charge in [0.2, 0.25) is 0 Å². The van der Waals surface area contributed by atoms with E-state index >= 15 is 0 Å². The molecule has 122 valence electrons. The van der Waals surface area contributed by atoms with Crippen molar-refractivity contribution in [1.82, 2.24) is 4.83 Å². The van der Waals surface area contributed by atoms with Crippen LogP contribution in [0.25, 0.3) is 0 Å². The van der Waals surface area contributed by atoms with E-state index in [2.05, 4.69) is 25.9 Å². The Morgan fingerprint density at radius 1 is 1.09 bits per heavy atom. The van der Waals surface area contributed by atoms with Crippen LogP contribution >= 0.6 is 15.9 Å². The lowest BCUT2D eigenvalue weighted by Crippen LogP contribution is -2.18. The fourth-order valence-corrected chi connectivity index (χ4v) is 2.83. The molecule has 0 heterocycles. The zero-order valence-corrected chi connectivity index (χ0v) is 14.9. The van der Waals surface area contributed by atoms with E-state index in [1.165, 1.54) is 25.5 Å². The SMILES string of the molecule is COc1ccc(OC)c(/C=N/NS(=O)(=O)c2ccc(Br)cc2)c1. The van der Waals surface area contributed by atoms with Crippen LogP contribution in [0, 0.1) is 0 Å². The van der Waals surface area contributed by atoms with Crippen molar-refractivity contribution < 1.29 is 17.9 Å². The second-order valence-electron chi connectivity index (χ2n) is 4.41. The fourth-order valence-electron chi connectivity index (χ4n) is 1.77. The molecule has 0 bridgehead atoms. The third kappa shape index (κ3) is 4.46. The van der Waals surface area contributed by atoms with Gasteiger partial charge in [0.05, 0.1) is 25.3 Å². The molecular weight excluding hydrogens is 384 g/mol. The lowest BCUT2D eigenvalue weighted by atomic mass is 10.2. The van der Waals surface area contributed by atoms with Crippen LogP contribution in [0.5, 0.6) is 11.5 Å². The van der Waals surface area contributed by atoms with Gasteiger partial charge in [0.15, 0.2) is 0 Å². The van der Waals surface area contributed by atoms with Crippen molar-refractivity contribution in [2.75, 3.05) is 14.2 Å². The zero-order valence-electron chi connectivity index (χ0n) is 12.5. The molecule has 1 N–H and O–H groups in total. The maximum atomic E-state index is 12.1. The summed E-state index contributed by atoms with van der Waals surface area (Å²) < 4.78 is 35.3. The Hall–Kier alpha value is -2.06. The van der Waals surface area contributed by atoms with Gasteiger partial charge in [-0.25, -0.2) is 4.83 Å². The summed E-state index contributed by atoms with van der Waals surface area (Å²) >= 11 is 3.25. The van der Waals surface area contributed by atoms with Gasteiger partial charge >= 0.3 is 0 Å². The van der Waals surface area contributed by atoms with E-state index in [-0.39, 0.29) is 4.90 Å². The molecule has 0 atom stereocenters. The Labute approximate surface area is 143 Å². The summed E-state index contributed by atoms with van der Waals surface area (Å²) in [5, 5.41) is 3.79. The molecule has 0 unspecified atom stereocenters. The Balaban J connectivity index is 2.19. The average Bonchev–Trinajstić information content (AvgIpc) is 2.55. The number of ether oxygens (including phenoxy) is 2. The van der Waals surface area contributed by atoms with Gasteiger partial charge in [0.1, 0.15) is 11.5 Å². The number of nitrogens with zero attached hydrogens (tertiary/aromatic N) is 1. The summed E-state index contributed by atoms with van der Waals surface area (Å²) in [5.74, 6) is 1.17. The van der Waals surface area contributed by atoms with Crippen LogP contribution in [0.1, 0.15) is 5.56 Å². The maximum Gasteiger partial charge on any atom is 0.276 e. The maximum absolute atomic E-state index is 12.1. The first-order valence-electron chi connectivity index (χ1n) is 6.49. The predicted octanol–water partition coefficient (Wildman–Crippen LogP) is 2.78. The molecule has 0 spiro atoms. The number of sulfonamides is 1. The van der Waals surface area contributed by atoms with Crippen molar-refractivity contribution in [2.24, 2.45) is 5.10 Å². The Morgan fingerprint density at radius 2 is 1.78 bits per heavy atom. The van der Waals surface area contributed by atoms with Crippen LogP contribution in [0.3, 0.4) is 0 Å². The molecule has 0 aromatic heterocycles. The first-order valence-corrected chi connectivity index (χ1v) is 8.76. The highest BCUT2D eigenvalue weighted by Crippen LogP contribution is 2.22. The van der Waals surface area contributed by atoms with Crippen molar-refractivity contribution in [3.05, 3.63) is 52.5 Å². The second kappa shape index (κ2) is 7.47. The highest BCUT2D eigenvalue weighted by Gasteiger charge is 2.12. The molecule has 2 aromatic rings. The number of nitrogens with one attached hydrogen (secondary N) is 1. The monoisotopic (exact) mass is 398 g/mol. The van der Waals surface area contributed by atoms with Crippen molar-refractivity contribution in [2.45, 2.75) is 4.90 Å². The van der Waals surface area contributed by atoms with Gasteiger partial charge in [-0.1, -0.05) is 15.9 Å². The van der Waals surface area contributed by atoms with Gasteiger partial charge < -0.3 is 9.47 Å². The zero-order chi connectivity index (χ0) is 16.9. The number of hydrogen-bond acceptors (Lipinski definition) is 5. The van der Waals surface area contributed by atoms with Gasteiger partial charge in [-0.2, -0.15) is 13.5 Å². The molecule has 23 heavy (non-hydrogen) atoms. The minimum Gasteiger partial charge on any atom is -0.497 e. The number of hydrogen-bond donors (Lipinski definition) is 1. The van der Waals surface area contributed by atoms with Crippen molar-refractivity contribution in [3.8, 4) is 11.5 Å². The molecule has 2 rings (SSSR count). The van der Waals surface area contributed by atoms with Crippen LogP contribution in [-0.2, 0) is 10.0 Å². The van der Waals surface area contributed by atoms with Gasteiger partial charge in [-0.05, 0) is 42.5 Å². The molecule has 0 aliphatic heterocycles. The van der Waals surface area contributed by atoms with E-state index in [0.717, 1.165) is 4.47 Å². The first kappa shape index (κ1) is 17.3. The van der Waals surface area contributed by atoms with Crippen molar-refractivity contribution in [1.29, 1.82) is 0 Å². The molecule has 0 saturated heterocycles. The minimum absolute atomic E-state index is 0.121. The summed E-state index contributed by atoms with van der Waals surface area (Å²) in [6.07, 6.45) is 1.36. The highest BCUT2D eigenvalue weighted by atomic mass is 79.9. The molecule has 0 fully saturated rings. The van der Waals surface area contributed by atoms with Crippen LogP contribution in [0.15, 0.2) is 56.9 Å². The third-order valence-corrected chi connectivity index (χ3v) is 4.70. The molecule has 2 aromatic carbocycles. The Bertz CT molecular complexity index is 805. The van der Waals surface area contributed by atoms with Gasteiger partial charge in [0.25, 0.3) is 10.0 Å². The van der Waals surface area contributed by atoms with E-state index in [1.807, 2.05) is 0 Å². The van der Waals surface area contributed by atoms with Gasteiger partial charge in [0, 0.05) is 10.0 Å². The minimum atomic E-state index is -3.72. The standard InChI is InChI=1S/C15H15BrN2O4S/c1-21-13-5-8-15(22-2)11(9-13)10-17-18-23(19,20)14-6-3-12(16)4-7-14/h3-10,18H,1-2H3/b17-10+. The number of rotatable bonds is 6. The van der Waals surface area contributed by atoms with Crippen LogP contribution in [0.2, 0.25) is 0 Å². The molecule has 0 aliphatic rings. The molecule has 6 nitrogen and oxygen atoms in total. The molecule has 0 radical (unpaired) electrons. The topological polar surface area (TPSA) is 77.0 Å². The average molecular weight is 399 g/mol. The van der Waals surface area contributed by atoms with Gasteiger partial charge in [-0.3, -0.25) is 0 Å². The van der Waals surface area contributed by atoms with Crippen LogP contribution < -0.4 is 14.3 Å². The first-order chi connectivity index (χ1) is 11.0. The number of methoxy groups -OCH3 is 2. The van der Waals surface area contributed by atoms with Gasteiger partial charge in [-0.15, -0.1) is 0 Å². The van der Waals surface area contributed by atoms with Crippen LogP contribution in [0.4, 0.5) is 0 Å². The van der Waals surface area contributed by atoms with Crippen LogP contribution in [-0.4, -0.2) is 28.9 Å². The van der Waals surface area contributed by atoms with E-state index in [4.69, 9.17) is 9.47 Å². The molecule has 0 aliphatic carbocycles. The highest BCUT2D eigenvalue weighted by molar-refractivity contribution is 9.10. The fraction of sp³-hybridized carbons (Fsp3) is 0.133.